The van der Waals surface area contributed by atoms with Crippen LogP contribution in [0.15, 0.2) is 0 Å². The van der Waals surface area contributed by atoms with E-state index in [1.807, 2.05) is 14.0 Å². The Morgan fingerprint density at radius 3 is 2.67 bits per heavy atom. The minimum Gasteiger partial charge on any atom is -0.379 e. The lowest BCUT2D eigenvalue weighted by Crippen LogP contribution is -2.44. The molecule has 0 bridgehead atoms. The van der Waals surface area contributed by atoms with E-state index in [0.717, 1.165) is 32.7 Å². The normalized spacial score (nSPS) is 28.5. The molecule has 1 aliphatic rings. The third-order valence-corrected chi connectivity index (χ3v) is 2.29. The first-order valence-electron chi connectivity index (χ1n) is 4.73. The minimum absolute atomic E-state index is 0.475. The van der Waals surface area contributed by atoms with E-state index in [1.165, 1.54) is 0 Å². The number of hydrogen-bond donors (Lipinski definition) is 1. The lowest BCUT2D eigenvalue weighted by atomic mass is 9.89. The van der Waals surface area contributed by atoms with Gasteiger partial charge in [0.15, 0.2) is 0 Å². The van der Waals surface area contributed by atoms with Gasteiger partial charge in [0, 0.05) is 12.6 Å². The molecular weight excluding hydrogens is 154 g/mol. The minimum atomic E-state index is 0.475. The Morgan fingerprint density at radius 2 is 2.08 bits per heavy atom. The number of nitrogens with one attached hydrogen (secondary N) is 1. The summed E-state index contributed by atoms with van der Waals surface area (Å²) in [5.74, 6) is 0. The molecule has 1 N–H and O–H groups in total. The molecule has 0 atom stereocenters. The quantitative estimate of drug-likeness (QED) is 0.602. The molecule has 0 heterocycles. The van der Waals surface area contributed by atoms with Gasteiger partial charge < -0.3 is 14.8 Å². The molecular formula is C9H19NO2. The Kier molecular flexibility index (Phi) is 4.58. The average molecular weight is 173 g/mol. The summed E-state index contributed by atoms with van der Waals surface area (Å²) in [6, 6.07) is 0.682. The van der Waals surface area contributed by atoms with Gasteiger partial charge in [0.1, 0.15) is 0 Å². The van der Waals surface area contributed by atoms with Gasteiger partial charge in [0.05, 0.1) is 19.3 Å². The van der Waals surface area contributed by atoms with E-state index >= 15 is 0 Å². The van der Waals surface area contributed by atoms with Crippen molar-refractivity contribution in [3.63, 3.8) is 0 Å². The first kappa shape index (κ1) is 9.96. The molecule has 0 aromatic carbocycles. The second kappa shape index (κ2) is 5.51. The SMILES string of the molecule is CCOCCO[C@H]1C[C@@H](NC)C1. The largest absolute Gasteiger partial charge is 0.379 e. The molecule has 1 aliphatic carbocycles. The van der Waals surface area contributed by atoms with Crippen LogP contribution in [0.5, 0.6) is 0 Å². The van der Waals surface area contributed by atoms with Crippen LogP contribution in [-0.2, 0) is 9.47 Å². The van der Waals surface area contributed by atoms with Crippen LogP contribution in [0, 0.1) is 0 Å². The molecule has 1 fully saturated rings. The molecule has 1 rings (SSSR count). The summed E-state index contributed by atoms with van der Waals surface area (Å²) in [6.45, 7) is 4.26. The fourth-order valence-electron chi connectivity index (χ4n) is 1.36. The van der Waals surface area contributed by atoms with Crippen molar-refractivity contribution >= 4 is 0 Å². The maximum atomic E-state index is 5.55. The van der Waals surface area contributed by atoms with Gasteiger partial charge in [-0.2, -0.15) is 0 Å². The zero-order chi connectivity index (χ0) is 8.81. The fraction of sp³-hybridized carbons (Fsp3) is 1.00. The highest BCUT2D eigenvalue weighted by molar-refractivity contribution is 4.84. The van der Waals surface area contributed by atoms with Gasteiger partial charge in [0.25, 0.3) is 0 Å². The van der Waals surface area contributed by atoms with E-state index in [1.54, 1.807) is 0 Å². The van der Waals surface area contributed by atoms with Crippen molar-refractivity contribution in [3.05, 3.63) is 0 Å². The van der Waals surface area contributed by atoms with Gasteiger partial charge in [-0.15, -0.1) is 0 Å². The van der Waals surface area contributed by atoms with Crippen molar-refractivity contribution in [2.24, 2.45) is 0 Å². The number of ether oxygens (including phenoxy) is 2. The topological polar surface area (TPSA) is 30.5 Å². The molecule has 0 amide bonds. The van der Waals surface area contributed by atoms with E-state index in [2.05, 4.69) is 5.32 Å². The Labute approximate surface area is 74.4 Å². The van der Waals surface area contributed by atoms with Crippen molar-refractivity contribution in [1.82, 2.24) is 5.32 Å². The molecule has 0 aliphatic heterocycles. The van der Waals surface area contributed by atoms with E-state index in [9.17, 15) is 0 Å². The zero-order valence-corrected chi connectivity index (χ0v) is 8.01. The van der Waals surface area contributed by atoms with Crippen molar-refractivity contribution in [1.29, 1.82) is 0 Å². The van der Waals surface area contributed by atoms with Crippen LogP contribution in [0.4, 0.5) is 0 Å². The molecule has 0 radical (unpaired) electrons. The van der Waals surface area contributed by atoms with Crippen LogP contribution in [0.2, 0.25) is 0 Å². The van der Waals surface area contributed by atoms with E-state index < -0.39 is 0 Å². The van der Waals surface area contributed by atoms with Crippen LogP contribution in [0.25, 0.3) is 0 Å². The maximum Gasteiger partial charge on any atom is 0.0704 e. The summed E-state index contributed by atoms with van der Waals surface area (Å²) in [7, 11) is 2.00. The molecule has 3 heteroatoms. The third-order valence-electron chi connectivity index (χ3n) is 2.29. The summed E-state index contributed by atoms with van der Waals surface area (Å²) >= 11 is 0. The van der Waals surface area contributed by atoms with Crippen LogP contribution in [0.3, 0.4) is 0 Å². The zero-order valence-electron chi connectivity index (χ0n) is 8.01. The van der Waals surface area contributed by atoms with Crippen LogP contribution >= 0.6 is 0 Å². The van der Waals surface area contributed by atoms with Gasteiger partial charge in [-0.3, -0.25) is 0 Å². The van der Waals surface area contributed by atoms with Crippen molar-refractivity contribution < 1.29 is 9.47 Å². The Hall–Kier alpha value is -0.120. The molecule has 72 valence electrons. The highest BCUT2D eigenvalue weighted by Gasteiger charge is 2.27. The smallest absolute Gasteiger partial charge is 0.0704 e. The van der Waals surface area contributed by atoms with Crippen LogP contribution in [-0.4, -0.2) is 39.0 Å². The highest BCUT2D eigenvalue weighted by atomic mass is 16.5. The number of rotatable bonds is 6. The lowest BCUT2D eigenvalue weighted by Gasteiger charge is -2.34. The molecule has 0 saturated heterocycles. The molecule has 0 spiro atoms. The van der Waals surface area contributed by atoms with Crippen molar-refractivity contribution in [2.75, 3.05) is 26.9 Å². The van der Waals surface area contributed by atoms with E-state index in [-0.39, 0.29) is 0 Å². The molecule has 3 nitrogen and oxygen atoms in total. The molecule has 0 aromatic rings. The summed E-state index contributed by atoms with van der Waals surface area (Å²) in [6.07, 6.45) is 2.79. The standard InChI is InChI=1S/C9H19NO2/c1-3-11-4-5-12-9-6-8(7-9)10-2/h8-10H,3-7H2,1-2H3/t8-,9+. The van der Waals surface area contributed by atoms with Gasteiger partial charge in [-0.1, -0.05) is 0 Å². The summed E-state index contributed by atoms with van der Waals surface area (Å²) in [5.41, 5.74) is 0. The molecule has 1 saturated carbocycles. The predicted molar refractivity (Wildman–Crippen MR) is 48.3 cm³/mol. The van der Waals surface area contributed by atoms with Crippen LogP contribution in [0.1, 0.15) is 19.8 Å². The van der Waals surface area contributed by atoms with Gasteiger partial charge in [-0.25, -0.2) is 0 Å². The van der Waals surface area contributed by atoms with Crippen molar-refractivity contribution in [2.45, 2.75) is 31.9 Å². The second-order valence-electron chi connectivity index (χ2n) is 3.15. The summed E-state index contributed by atoms with van der Waals surface area (Å²) < 4.78 is 10.7. The second-order valence-corrected chi connectivity index (χ2v) is 3.15. The first-order chi connectivity index (χ1) is 5.86. The fourth-order valence-corrected chi connectivity index (χ4v) is 1.36. The van der Waals surface area contributed by atoms with Crippen LogP contribution < -0.4 is 5.32 Å². The van der Waals surface area contributed by atoms with Gasteiger partial charge in [-0.05, 0) is 26.8 Å². The average Bonchev–Trinajstić information content (AvgIpc) is 2.01. The molecule has 0 unspecified atom stereocenters. The van der Waals surface area contributed by atoms with Gasteiger partial charge >= 0.3 is 0 Å². The van der Waals surface area contributed by atoms with Crippen molar-refractivity contribution in [3.8, 4) is 0 Å². The van der Waals surface area contributed by atoms with E-state index in [4.69, 9.17) is 9.47 Å². The number of hydrogen-bond acceptors (Lipinski definition) is 3. The van der Waals surface area contributed by atoms with Gasteiger partial charge in [0.2, 0.25) is 0 Å². The monoisotopic (exact) mass is 173 g/mol. The molecule has 12 heavy (non-hydrogen) atoms. The summed E-state index contributed by atoms with van der Waals surface area (Å²) in [5, 5.41) is 3.22. The Morgan fingerprint density at radius 1 is 1.33 bits per heavy atom. The molecule has 0 aromatic heterocycles. The Bertz CT molecular complexity index is 113. The highest BCUT2D eigenvalue weighted by Crippen LogP contribution is 2.22. The Balaban J connectivity index is 1.83. The lowest BCUT2D eigenvalue weighted by molar-refractivity contribution is -0.0393. The maximum absolute atomic E-state index is 5.55. The third kappa shape index (κ3) is 3.09. The summed E-state index contributed by atoms with van der Waals surface area (Å²) in [4.78, 5) is 0. The predicted octanol–water partition coefficient (Wildman–Crippen LogP) is 0.790. The first-order valence-corrected chi connectivity index (χ1v) is 4.73. The van der Waals surface area contributed by atoms with E-state index in [0.29, 0.717) is 12.1 Å².